The minimum atomic E-state index is -0.149. The Morgan fingerprint density at radius 3 is 2.52 bits per heavy atom. The topological polar surface area (TPSA) is 101 Å². The molecule has 0 spiro atoms. The van der Waals surface area contributed by atoms with Crippen LogP contribution in [0.2, 0.25) is 0 Å². The molecule has 25 heavy (non-hydrogen) atoms. The molecular formula is C17H24FN5O2. The maximum atomic E-state index is 14.3. The van der Waals surface area contributed by atoms with E-state index in [4.69, 9.17) is 15.1 Å². The predicted molar refractivity (Wildman–Crippen MR) is 95.2 cm³/mol. The quantitative estimate of drug-likeness (QED) is 0.318. The van der Waals surface area contributed by atoms with Gasteiger partial charge in [0.1, 0.15) is 11.6 Å². The van der Waals surface area contributed by atoms with Crippen molar-refractivity contribution < 1.29 is 13.6 Å². The minimum Gasteiger partial charge on any atom is -0.467 e. The summed E-state index contributed by atoms with van der Waals surface area (Å²) in [5, 5.41) is 1.54. The van der Waals surface area contributed by atoms with Crippen molar-refractivity contribution in [3.8, 4) is 0 Å². The lowest BCUT2D eigenvalue weighted by Crippen LogP contribution is -2.29. The number of amides is 1. The van der Waals surface area contributed by atoms with Crippen LogP contribution in [0.3, 0.4) is 0 Å². The van der Waals surface area contributed by atoms with Gasteiger partial charge in [0.25, 0.3) is 0 Å². The monoisotopic (exact) mass is 349 g/mol. The van der Waals surface area contributed by atoms with Crippen molar-refractivity contribution in [3.05, 3.63) is 47.7 Å². The van der Waals surface area contributed by atoms with Gasteiger partial charge in [0, 0.05) is 19.7 Å². The van der Waals surface area contributed by atoms with Gasteiger partial charge in [-0.25, -0.2) is 16.1 Å². The van der Waals surface area contributed by atoms with Crippen molar-refractivity contribution in [2.24, 2.45) is 11.7 Å². The van der Waals surface area contributed by atoms with Crippen molar-refractivity contribution in [3.63, 3.8) is 0 Å². The molecule has 0 aliphatic heterocycles. The highest BCUT2D eigenvalue weighted by Crippen LogP contribution is 2.48. The van der Waals surface area contributed by atoms with Gasteiger partial charge in [0.15, 0.2) is 0 Å². The molecule has 7 nitrogen and oxygen atoms in total. The van der Waals surface area contributed by atoms with Gasteiger partial charge < -0.3 is 14.3 Å². The Kier molecular flexibility index (Phi) is 6.37. The van der Waals surface area contributed by atoms with Crippen LogP contribution in [-0.4, -0.2) is 20.5 Å². The molecule has 1 aliphatic rings. The number of furan rings is 1. The van der Waals surface area contributed by atoms with Crippen molar-refractivity contribution in [1.82, 2.24) is 5.43 Å². The SMILES string of the molecule is CN(N)c1ccc(F)c(C2CC2)c1N(C)Cc1ccco1.NNC=O. The number of hydrogen-bond donors (Lipinski definition) is 3. The van der Waals surface area contributed by atoms with E-state index < -0.39 is 0 Å². The van der Waals surface area contributed by atoms with E-state index in [1.54, 1.807) is 29.8 Å². The van der Waals surface area contributed by atoms with Gasteiger partial charge in [0.2, 0.25) is 6.41 Å². The second kappa shape index (κ2) is 8.50. The van der Waals surface area contributed by atoms with Gasteiger partial charge >= 0.3 is 0 Å². The molecule has 5 N–H and O–H groups in total. The number of nitrogens with two attached hydrogens (primary N) is 2. The summed E-state index contributed by atoms with van der Waals surface area (Å²) in [4.78, 5) is 10.9. The Bertz CT molecular complexity index is 687. The molecule has 0 unspecified atom stereocenters. The van der Waals surface area contributed by atoms with Gasteiger partial charge in [-0.2, -0.15) is 0 Å². The summed E-state index contributed by atoms with van der Waals surface area (Å²) in [6.07, 6.45) is 4.12. The molecule has 136 valence electrons. The first kappa shape index (κ1) is 18.8. The van der Waals surface area contributed by atoms with Gasteiger partial charge in [0.05, 0.1) is 24.2 Å². The average molecular weight is 349 g/mol. The Hall–Kier alpha value is -2.58. The first-order chi connectivity index (χ1) is 12.0. The van der Waals surface area contributed by atoms with Crippen LogP contribution in [0.4, 0.5) is 15.8 Å². The minimum absolute atomic E-state index is 0.149. The summed E-state index contributed by atoms with van der Waals surface area (Å²) < 4.78 is 19.7. The molecule has 0 saturated heterocycles. The van der Waals surface area contributed by atoms with E-state index in [0.717, 1.165) is 35.5 Å². The highest BCUT2D eigenvalue weighted by atomic mass is 19.1. The molecule has 0 atom stereocenters. The first-order valence-electron chi connectivity index (χ1n) is 7.93. The number of rotatable bonds is 6. The number of nitrogens with one attached hydrogen (secondary N) is 1. The molecule has 1 aromatic carbocycles. The van der Waals surface area contributed by atoms with Crippen LogP contribution in [-0.2, 0) is 11.3 Å². The number of halogens is 1. The lowest BCUT2D eigenvalue weighted by atomic mass is 10.0. The Balaban J connectivity index is 0.000000511. The number of hydrogen-bond acceptors (Lipinski definition) is 6. The molecule has 8 heteroatoms. The third kappa shape index (κ3) is 4.71. The molecule has 0 radical (unpaired) electrons. The van der Waals surface area contributed by atoms with Crippen LogP contribution in [0, 0.1) is 5.82 Å². The third-order valence-electron chi connectivity index (χ3n) is 3.93. The largest absolute Gasteiger partial charge is 0.467 e. The highest BCUT2D eigenvalue weighted by molar-refractivity contribution is 5.75. The lowest BCUT2D eigenvalue weighted by molar-refractivity contribution is -0.109. The van der Waals surface area contributed by atoms with Crippen LogP contribution in [0.15, 0.2) is 34.9 Å². The smallest absolute Gasteiger partial charge is 0.221 e. The summed E-state index contributed by atoms with van der Waals surface area (Å²) in [6, 6.07) is 7.01. The fourth-order valence-electron chi connectivity index (χ4n) is 2.73. The van der Waals surface area contributed by atoms with Crippen LogP contribution in [0.25, 0.3) is 0 Å². The Morgan fingerprint density at radius 1 is 1.36 bits per heavy atom. The van der Waals surface area contributed by atoms with Crippen molar-refractivity contribution >= 4 is 17.8 Å². The Morgan fingerprint density at radius 2 is 2.04 bits per heavy atom. The summed E-state index contributed by atoms with van der Waals surface area (Å²) in [6.45, 7) is 0.580. The summed E-state index contributed by atoms with van der Waals surface area (Å²) >= 11 is 0. The van der Waals surface area contributed by atoms with Crippen LogP contribution in [0.5, 0.6) is 0 Å². The van der Waals surface area contributed by atoms with E-state index in [1.807, 2.05) is 24.1 Å². The van der Waals surface area contributed by atoms with Gasteiger partial charge in [-0.05, 0) is 43.0 Å². The molecule has 3 rings (SSSR count). The standard InChI is InChI=1S/C16H20FN3O.CH4N2O/c1-19(10-12-4-3-9-21-12)16-14(20(2)18)8-7-13(17)15(16)11-5-6-11;2-3-1-4/h3-4,7-9,11H,5-6,10,18H2,1-2H3;1H,2H2,(H,3,4). The summed E-state index contributed by atoms with van der Waals surface area (Å²) in [7, 11) is 3.71. The molecule has 0 bridgehead atoms. The van der Waals surface area contributed by atoms with Gasteiger partial charge in [-0.1, -0.05) is 0 Å². The van der Waals surface area contributed by atoms with E-state index in [2.05, 4.69) is 5.84 Å². The lowest BCUT2D eigenvalue weighted by Gasteiger charge is -2.28. The average Bonchev–Trinajstić information content (AvgIpc) is 3.30. The molecule has 1 heterocycles. The fourth-order valence-corrected chi connectivity index (χ4v) is 2.73. The molecular weight excluding hydrogens is 325 g/mol. The van der Waals surface area contributed by atoms with Crippen LogP contribution < -0.4 is 27.0 Å². The second-order valence-electron chi connectivity index (χ2n) is 5.93. The molecule has 1 fully saturated rings. The molecule has 1 saturated carbocycles. The summed E-state index contributed by atoms with van der Waals surface area (Å²) in [5.74, 6) is 11.3. The zero-order valence-corrected chi connectivity index (χ0v) is 14.4. The zero-order chi connectivity index (χ0) is 18.4. The van der Waals surface area contributed by atoms with Crippen LogP contribution in [0.1, 0.15) is 30.1 Å². The normalized spacial score (nSPS) is 12.8. The summed E-state index contributed by atoms with van der Waals surface area (Å²) in [5.41, 5.74) is 4.21. The number of benzene rings is 1. The van der Waals surface area contributed by atoms with E-state index in [0.29, 0.717) is 18.9 Å². The second-order valence-corrected chi connectivity index (χ2v) is 5.93. The van der Waals surface area contributed by atoms with Crippen molar-refractivity contribution in [2.45, 2.75) is 25.3 Å². The number of carbonyl (C=O) groups is 1. The highest BCUT2D eigenvalue weighted by Gasteiger charge is 2.32. The number of hydrazine groups is 2. The maximum absolute atomic E-state index is 14.3. The molecule has 1 aromatic heterocycles. The van der Waals surface area contributed by atoms with E-state index >= 15 is 0 Å². The van der Waals surface area contributed by atoms with Crippen molar-refractivity contribution in [1.29, 1.82) is 0 Å². The Labute approximate surface area is 146 Å². The number of nitrogens with zero attached hydrogens (tertiary/aromatic N) is 2. The van der Waals surface area contributed by atoms with Crippen molar-refractivity contribution in [2.75, 3.05) is 24.0 Å². The number of carbonyl (C=O) groups excluding carboxylic acids is 1. The first-order valence-corrected chi connectivity index (χ1v) is 7.93. The molecule has 2 aromatic rings. The van der Waals surface area contributed by atoms with E-state index in [9.17, 15) is 4.39 Å². The van der Waals surface area contributed by atoms with E-state index in [-0.39, 0.29) is 5.82 Å². The molecule has 1 aliphatic carbocycles. The van der Waals surface area contributed by atoms with Gasteiger partial charge in [-0.3, -0.25) is 10.2 Å². The number of anilines is 2. The van der Waals surface area contributed by atoms with Gasteiger partial charge in [-0.15, -0.1) is 0 Å². The van der Waals surface area contributed by atoms with Crippen LogP contribution >= 0.6 is 0 Å². The van der Waals surface area contributed by atoms with E-state index in [1.165, 1.54) is 6.07 Å². The third-order valence-corrected chi connectivity index (χ3v) is 3.93. The maximum Gasteiger partial charge on any atom is 0.221 e. The predicted octanol–water partition coefficient (Wildman–Crippen LogP) is 1.85. The molecule has 1 amide bonds. The fraction of sp³-hybridized carbons (Fsp3) is 0.353. The zero-order valence-electron chi connectivity index (χ0n) is 14.4.